The Kier molecular flexibility index (Phi) is 7.35. The first-order chi connectivity index (χ1) is 3.41. The number of unbranched alkanes of at least 4 members (excludes halogenated alkanes) is 1. The van der Waals surface area contributed by atoms with Gasteiger partial charge in [-0.3, -0.25) is 0 Å². The summed E-state index contributed by atoms with van der Waals surface area (Å²) in [5, 5.41) is 0. The van der Waals surface area contributed by atoms with E-state index in [4.69, 9.17) is 5.73 Å². The van der Waals surface area contributed by atoms with Gasteiger partial charge < -0.3 is 0 Å². The third-order valence-electron chi connectivity index (χ3n) is 0.730. The normalized spacial score (nSPS) is 10.0. The monoisotopic (exact) mass is 214 g/mol. The van der Waals surface area contributed by atoms with Gasteiger partial charge in [0.25, 0.3) is 0 Å². The minimum absolute atomic E-state index is 0.399. The minimum atomic E-state index is 0.399. The molecular weight excluding hydrogens is 201 g/mol. The molecule has 0 aliphatic heterocycles. The van der Waals surface area contributed by atoms with Crippen molar-refractivity contribution in [2.24, 2.45) is 5.73 Å². The standard InChI is InChI=1S/C5H13IN/c1-2-3-4-6-5-7/h2-5,7H2,1H3/q-1. The van der Waals surface area contributed by atoms with Crippen LogP contribution in [0.15, 0.2) is 0 Å². The van der Waals surface area contributed by atoms with Crippen LogP contribution in [0.1, 0.15) is 19.8 Å². The van der Waals surface area contributed by atoms with Gasteiger partial charge in [-0.05, 0) is 0 Å². The maximum atomic E-state index is 5.32. The Morgan fingerprint density at radius 3 is 2.71 bits per heavy atom. The fraction of sp³-hybridized carbons (Fsp3) is 1.00. The SMILES string of the molecule is CCCC[I-]CN. The molecule has 0 aromatic rings. The van der Waals surface area contributed by atoms with Gasteiger partial charge in [0.05, 0.1) is 0 Å². The van der Waals surface area contributed by atoms with Crippen LogP contribution >= 0.6 is 0 Å². The number of hydrogen-bond donors (Lipinski definition) is 1. The van der Waals surface area contributed by atoms with Crippen LogP contribution in [0.2, 0.25) is 0 Å². The third kappa shape index (κ3) is 6.69. The first-order valence-electron chi connectivity index (χ1n) is 2.65. The molecule has 0 aromatic heterocycles. The van der Waals surface area contributed by atoms with Gasteiger partial charge in [-0.2, -0.15) is 0 Å². The zero-order valence-electron chi connectivity index (χ0n) is 4.78. The summed E-state index contributed by atoms with van der Waals surface area (Å²) < 4.78 is 2.39. The molecule has 2 N–H and O–H groups in total. The number of rotatable bonds is 4. The first-order valence-corrected chi connectivity index (χ1v) is 5.70. The summed E-state index contributed by atoms with van der Waals surface area (Å²) in [4.78, 5) is 0. The van der Waals surface area contributed by atoms with Crippen molar-refractivity contribution in [1.29, 1.82) is 0 Å². The van der Waals surface area contributed by atoms with E-state index in [1.807, 2.05) is 0 Å². The predicted octanol–water partition coefficient (Wildman–Crippen LogP) is -2.21. The molecule has 0 atom stereocenters. The second-order valence-electron chi connectivity index (χ2n) is 1.39. The molecule has 1 nitrogen and oxygen atoms in total. The third-order valence-corrected chi connectivity index (χ3v) is 2.88. The van der Waals surface area contributed by atoms with Crippen LogP contribution in [0.4, 0.5) is 0 Å². The van der Waals surface area contributed by atoms with Crippen LogP contribution in [-0.4, -0.2) is 8.98 Å². The van der Waals surface area contributed by atoms with E-state index in [1.54, 1.807) is 0 Å². The summed E-state index contributed by atoms with van der Waals surface area (Å²) >= 11 is 0.399. The average Bonchev–Trinajstić information content (AvgIpc) is 1.69. The Morgan fingerprint density at radius 1 is 1.57 bits per heavy atom. The second-order valence-corrected chi connectivity index (χ2v) is 4.42. The molecule has 2 heteroatoms. The number of hydrogen-bond acceptors (Lipinski definition) is 1. The maximum absolute atomic E-state index is 5.32. The van der Waals surface area contributed by atoms with E-state index in [0.29, 0.717) is 21.2 Å². The summed E-state index contributed by atoms with van der Waals surface area (Å²) in [6.07, 6.45) is 2.73. The molecule has 0 aliphatic carbocycles. The van der Waals surface area contributed by atoms with Crippen LogP contribution in [0.25, 0.3) is 0 Å². The Balaban J connectivity index is 2.45. The van der Waals surface area contributed by atoms with Crippen molar-refractivity contribution in [3.05, 3.63) is 0 Å². The van der Waals surface area contributed by atoms with Crippen LogP contribution < -0.4 is 26.9 Å². The molecular formula is C5H13IN-. The summed E-state index contributed by atoms with van der Waals surface area (Å²) in [5.41, 5.74) is 5.32. The molecule has 0 unspecified atom stereocenters. The molecule has 0 rings (SSSR count). The Morgan fingerprint density at radius 2 is 2.29 bits per heavy atom. The average molecular weight is 214 g/mol. The molecule has 0 spiro atoms. The summed E-state index contributed by atoms with van der Waals surface area (Å²) in [6, 6.07) is 0. The second kappa shape index (κ2) is 6.69. The van der Waals surface area contributed by atoms with Crippen molar-refractivity contribution >= 4 is 0 Å². The zero-order chi connectivity index (χ0) is 5.54. The van der Waals surface area contributed by atoms with Gasteiger partial charge in [-0.15, -0.1) is 0 Å². The van der Waals surface area contributed by atoms with E-state index < -0.39 is 0 Å². The van der Waals surface area contributed by atoms with Gasteiger partial charge in [-0.1, -0.05) is 0 Å². The van der Waals surface area contributed by atoms with E-state index in [0.717, 1.165) is 4.55 Å². The van der Waals surface area contributed by atoms with E-state index in [9.17, 15) is 0 Å². The topological polar surface area (TPSA) is 26.0 Å². The Bertz CT molecular complexity index is 27.3. The quantitative estimate of drug-likeness (QED) is 0.244. The van der Waals surface area contributed by atoms with Gasteiger partial charge >= 0.3 is 55.7 Å². The zero-order valence-corrected chi connectivity index (χ0v) is 6.94. The predicted molar refractivity (Wildman–Crippen MR) is 28.8 cm³/mol. The molecule has 0 saturated carbocycles. The van der Waals surface area contributed by atoms with Crippen molar-refractivity contribution in [1.82, 2.24) is 0 Å². The molecule has 0 aromatic carbocycles. The van der Waals surface area contributed by atoms with Crippen LogP contribution in [0, 0.1) is 0 Å². The molecule has 0 bridgehead atoms. The molecule has 46 valence electrons. The van der Waals surface area contributed by atoms with Crippen LogP contribution in [-0.2, 0) is 0 Å². The molecule has 0 saturated heterocycles. The van der Waals surface area contributed by atoms with E-state index in [1.165, 1.54) is 17.3 Å². The molecule has 0 radical (unpaired) electrons. The van der Waals surface area contributed by atoms with Gasteiger partial charge in [0.1, 0.15) is 0 Å². The van der Waals surface area contributed by atoms with Gasteiger partial charge in [-0.25, -0.2) is 0 Å². The van der Waals surface area contributed by atoms with E-state index >= 15 is 0 Å². The molecule has 0 heterocycles. The van der Waals surface area contributed by atoms with Crippen molar-refractivity contribution in [3.8, 4) is 0 Å². The summed E-state index contributed by atoms with van der Waals surface area (Å²) in [6.45, 7) is 2.22. The van der Waals surface area contributed by atoms with Gasteiger partial charge in [0, 0.05) is 0 Å². The van der Waals surface area contributed by atoms with Crippen LogP contribution in [0.5, 0.6) is 0 Å². The summed E-state index contributed by atoms with van der Waals surface area (Å²) in [5.74, 6) is 0. The Hall–Kier alpha value is 0.690. The molecule has 7 heavy (non-hydrogen) atoms. The van der Waals surface area contributed by atoms with E-state index in [2.05, 4.69) is 6.92 Å². The molecule has 0 amide bonds. The number of nitrogens with two attached hydrogens (primary N) is 1. The van der Waals surface area contributed by atoms with Crippen LogP contribution in [0.3, 0.4) is 0 Å². The summed E-state index contributed by atoms with van der Waals surface area (Å²) in [7, 11) is 0. The first kappa shape index (κ1) is 7.69. The number of halogens is 1. The van der Waals surface area contributed by atoms with Gasteiger partial charge in [0.2, 0.25) is 0 Å². The van der Waals surface area contributed by atoms with E-state index in [-0.39, 0.29) is 0 Å². The fourth-order valence-electron chi connectivity index (χ4n) is 0.305. The van der Waals surface area contributed by atoms with Crippen molar-refractivity contribution in [2.45, 2.75) is 19.8 Å². The molecule has 0 fully saturated rings. The number of alkyl halides is 2. The fourth-order valence-corrected chi connectivity index (χ4v) is 2.05. The molecule has 0 aliphatic rings. The van der Waals surface area contributed by atoms with Crippen molar-refractivity contribution in [3.63, 3.8) is 0 Å². The Labute approximate surface area is 55.9 Å². The van der Waals surface area contributed by atoms with Gasteiger partial charge in [0.15, 0.2) is 0 Å². The van der Waals surface area contributed by atoms with Crippen molar-refractivity contribution in [2.75, 3.05) is 8.98 Å². The van der Waals surface area contributed by atoms with Crippen molar-refractivity contribution < 1.29 is 21.2 Å².